The zero-order chi connectivity index (χ0) is 55.4. The number of nitro groups is 1. The van der Waals surface area contributed by atoms with E-state index in [1.54, 1.807) is 43.5 Å². The molecule has 0 unspecified atom stereocenters. The van der Waals surface area contributed by atoms with Crippen LogP contribution in [-0.4, -0.2) is 37.6 Å². The molecule has 0 radical (unpaired) electrons. The molecule has 0 saturated heterocycles. The van der Waals surface area contributed by atoms with E-state index in [-0.39, 0.29) is 51.4 Å². The summed E-state index contributed by atoms with van der Waals surface area (Å²) >= 11 is 0. The molecular weight excluding hydrogens is 875 g/mol. The van der Waals surface area contributed by atoms with Crippen LogP contribution < -0.4 is 4.74 Å². The Labute approximate surface area is 428 Å². The third-order valence-corrected chi connectivity index (χ3v) is 8.34. The minimum Gasteiger partial charge on any atom is -0.508 e. The number of nitro benzene ring substituents is 1. The van der Waals surface area contributed by atoms with Gasteiger partial charge in [-0.3, -0.25) is 10.1 Å². The van der Waals surface area contributed by atoms with E-state index in [4.69, 9.17) is 14.9 Å². The molecule has 0 atom stereocenters. The molecule has 0 aliphatic heterocycles. The molecule has 0 aliphatic rings. The molecule has 0 heterocycles. The number of ether oxygens (including phenoxy) is 1. The second-order valence-electron chi connectivity index (χ2n) is 17.9. The van der Waals surface area contributed by atoms with Crippen LogP contribution in [0.3, 0.4) is 0 Å². The van der Waals surface area contributed by atoms with Crippen LogP contribution in [0, 0.1) is 10.1 Å². The van der Waals surface area contributed by atoms with Gasteiger partial charge in [-0.15, -0.1) is 0 Å². The molecule has 0 bridgehead atoms. The zero-order valence-electron chi connectivity index (χ0n) is 47.7. The van der Waals surface area contributed by atoms with E-state index in [1.165, 1.54) is 61.9 Å². The van der Waals surface area contributed by atoms with Crippen molar-refractivity contribution in [2.24, 2.45) is 0 Å². The number of hydrogen-bond acceptors (Lipinski definition) is 8. The predicted molar refractivity (Wildman–Crippen MR) is 304 cm³/mol. The lowest BCUT2D eigenvalue weighted by Gasteiger charge is -2.10. The molecule has 9 heteroatoms. The van der Waals surface area contributed by atoms with E-state index in [0.717, 1.165) is 28.0 Å². The van der Waals surface area contributed by atoms with Gasteiger partial charge in [0.2, 0.25) is 0 Å². The number of benzene rings is 5. The molecule has 5 aromatic rings. The number of phenolic OH excluding ortho intramolecular Hbond substituents is 5. The fourth-order valence-electron chi connectivity index (χ4n) is 5.29. The average molecular weight is 976 g/mol. The first-order chi connectivity index (χ1) is 32.9. The summed E-state index contributed by atoms with van der Waals surface area (Å²) in [7, 11) is 1.71. The first-order valence-corrected chi connectivity index (χ1v) is 25.6. The highest BCUT2D eigenvalue weighted by Crippen LogP contribution is 2.30. The van der Waals surface area contributed by atoms with E-state index in [1.807, 2.05) is 84.0 Å². The summed E-state index contributed by atoms with van der Waals surface area (Å²) in [5, 5.41) is 56.4. The molecule has 0 spiro atoms. The first-order valence-electron chi connectivity index (χ1n) is 25.6. The summed E-state index contributed by atoms with van der Waals surface area (Å²) in [6, 6.07) is 31.6. The van der Waals surface area contributed by atoms with Crippen LogP contribution in [0.1, 0.15) is 228 Å². The Balaban J connectivity index is -0.000000234. The maximum Gasteiger partial charge on any atom is 0.272 e. The highest BCUT2D eigenvalue weighted by molar-refractivity contribution is 5.43. The van der Waals surface area contributed by atoms with E-state index >= 15 is 0 Å². The molecule has 5 aromatic carbocycles. The minimum absolute atomic E-state index is 0.104. The fraction of sp³-hybridized carbons (Fsp3) is 0.508. The maximum atomic E-state index is 10.5. The molecule has 70 heavy (non-hydrogen) atoms. The third kappa shape index (κ3) is 37.2. The van der Waals surface area contributed by atoms with Crippen LogP contribution in [0.15, 0.2) is 109 Å². The number of hydrogen-bond donors (Lipinski definition) is 5. The number of para-hydroxylation sites is 3. The van der Waals surface area contributed by atoms with Crippen LogP contribution in [0.4, 0.5) is 5.69 Å². The number of nitrogens with zero attached hydrogens (tertiary/aromatic N) is 1. The topological polar surface area (TPSA) is 154 Å². The molecule has 0 fully saturated rings. The molecule has 0 amide bonds. The van der Waals surface area contributed by atoms with Gasteiger partial charge in [-0.2, -0.15) is 0 Å². The standard InChI is InChI=1S/C10H14O.C9H11NO2.2C9H12O2.C9H12O.5C3H8/c1-8(2)9-6-4-5-7-10(9)11-3;1-7(2)8-5-3-4-6-9(8)10(11)12;1-6(2)8-5-7(10)3-4-9(8)11;1-6(2)8-4-3-7(10)5-9(8)11;1-7(2)8-5-3-4-6-9(8)10;5*1-3-2/h4-8H,1-3H3;3-7H,1-2H3;2*3-6,10-11H,1-2H3;3-7,10H,1-2H3;5*3H2,1-2H3. The van der Waals surface area contributed by atoms with Gasteiger partial charge in [-0.25, -0.2) is 0 Å². The normalized spacial score (nSPS) is 9.40. The molecule has 398 valence electrons. The van der Waals surface area contributed by atoms with E-state index in [0.29, 0.717) is 17.6 Å². The summed E-state index contributed by atoms with van der Waals surface area (Å²) in [6.07, 6.45) is 6.25. The molecule has 0 aromatic heterocycles. The number of aromatic hydroxyl groups is 5. The number of rotatable bonds is 7. The Morgan fingerprint density at radius 1 is 0.400 bits per heavy atom. The van der Waals surface area contributed by atoms with E-state index in [9.17, 15) is 25.4 Å². The van der Waals surface area contributed by atoms with Crippen molar-refractivity contribution in [1.29, 1.82) is 0 Å². The van der Waals surface area contributed by atoms with Gasteiger partial charge in [0.05, 0.1) is 12.0 Å². The SMILES string of the molecule is CC(C)c1cc(O)ccc1O.CC(C)c1ccc(O)cc1O.CC(C)c1ccccc1O.CC(C)c1ccccc1[N+](=O)[O-].CCC.CCC.CCC.CCC.CCC.COc1ccccc1C(C)C. The van der Waals surface area contributed by atoms with E-state index in [2.05, 4.69) is 103 Å². The zero-order valence-corrected chi connectivity index (χ0v) is 47.7. The van der Waals surface area contributed by atoms with Crippen molar-refractivity contribution in [3.63, 3.8) is 0 Å². The van der Waals surface area contributed by atoms with Crippen LogP contribution in [0.5, 0.6) is 34.5 Å². The van der Waals surface area contributed by atoms with Crippen molar-refractivity contribution in [3.05, 3.63) is 147 Å². The van der Waals surface area contributed by atoms with Crippen LogP contribution >= 0.6 is 0 Å². The Kier molecular flexibility index (Phi) is 49.2. The number of phenols is 5. The van der Waals surface area contributed by atoms with Gasteiger partial charge in [0.15, 0.2) is 0 Å². The molecule has 5 rings (SSSR count). The average Bonchev–Trinajstić information content (AvgIpc) is 3.29. The van der Waals surface area contributed by atoms with E-state index < -0.39 is 0 Å². The summed E-state index contributed by atoms with van der Waals surface area (Å²) in [6.45, 7) is 41.5. The van der Waals surface area contributed by atoms with Gasteiger partial charge in [-0.05, 0) is 82.7 Å². The van der Waals surface area contributed by atoms with Gasteiger partial charge >= 0.3 is 0 Å². The second kappa shape index (κ2) is 47.0. The summed E-state index contributed by atoms with van der Waals surface area (Å²) < 4.78 is 5.21. The summed E-state index contributed by atoms with van der Waals surface area (Å²) in [4.78, 5) is 10.2. The van der Waals surface area contributed by atoms with Gasteiger partial charge in [0, 0.05) is 23.3 Å². The number of methoxy groups -OCH3 is 1. The first kappa shape index (κ1) is 73.3. The monoisotopic (exact) mass is 976 g/mol. The lowest BCUT2D eigenvalue weighted by atomic mass is 10.0. The Hall–Kier alpha value is -5.70. The Morgan fingerprint density at radius 3 is 1.03 bits per heavy atom. The van der Waals surface area contributed by atoms with Gasteiger partial charge in [0.25, 0.3) is 5.69 Å². The van der Waals surface area contributed by atoms with Gasteiger partial charge in [-0.1, -0.05) is 231 Å². The Morgan fingerprint density at radius 2 is 0.714 bits per heavy atom. The highest BCUT2D eigenvalue weighted by Gasteiger charge is 2.14. The van der Waals surface area contributed by atoms with Gasteiger partial charge in [0.1, 0.15) is 34.5 Å². The van der Waals surface area contributed by atoms with Crippen molar-refractivity contribution in [1.82, 2.24) is 0 Å². The predicted octanol–water partition coefficient (Wildman–Crippen LogP) is 19.6. The molecular formula is C61H101NO8. The maximum absolute atomic E-state index is 10.5. The van der Waals surface area contributed by atoms with Crippen molar-refractivity contribution in [2.45, 2.75) is 200 Å². The van der Waals surface area contributed by atoms with Crippen molar-refractivity contribution in [2.75, 3.05) is 7.11 Å². The largest absolute Gasteiger partial charge is 0.508 e. The lowest BCUT2D eigenvalue weighted by Crippen LogP contribution is -1.96. The van der Waals surface area contributed by atoms with Crippen molar-refractivity contribution in [3.8, 4) is 34.5 Å². The summed E-state index contributed by atoms with van der Waals surface area (Å²) in [5.74, 6) is 3.77. The lowest BCUT2D eigenvalue weighted by molar-refractivity contribution is -0.385. The van der Waals surface area contributed by atoms with Crippen molar-refractivity contribution < 1.29 is 35.2 Å². The van der Waals surface area contributed by atoms with Crippen LogP contribution in [-0.2, 0) is 0 Å². The second-order valence-corrected chi connectivity index (χ2v) is 17.9. The quantitative estimate of drug-likeness (QED) is 0.0614. The Bertz CT molecular complexity index is 1960. The highest BCUT2D eigenvalue weighted by atomic mass is 16.6. The molecule has 5 N–H and O–H groups in total. The molecule has 0 saturated carbocycles. The third-order valence-electron chi connectivity index (χ3n) is 8.34. The smallest absolute Gasteiger partial charge is 0.272 e. The molecule has 9 nitrogen and oxygen atoms in total. The van der Waals surface area contributed by atoms with Gasteiger partial charge < -0.3 is 30.3 Å². The van der Waals surface area contributed by atoms with Crippen molar-refractivity contribution >= 4 is 5.69 Å². The fourth-order valence-corrected chi connectivity index (χ4v) is 5.29. The minimum atomic E-state index is -0.338. The van der Waals surface area contributed by atoms with Crippen LogP contribution in [0.25, 0.3) is 0 Å². The summed E-state index contributed by atoms with van der Waals surface area (Å²) in [5.41, 5.74) is 4.94. The van der Waals surface area contributed by atoms with Crippen LogP contribution in [0.2, 0.25) is 0 Å². The molecule has 0 aliphatic carbocycles.